The highest BCUT2D eigenvalue weighted by atomic mass is 79.9. The van der Waals surface area contributed by atoms with Crippen LogP contribution in [0.1, 0.15) is 36.5 Å². The Hall–Kier alpha value is -0.740. The van der Waals surface area contributed by atoms with E-state index in [0.717, 1.165) is 25.8 Å². The molecular weight excluding hydrogens is 297 g/mol. The molecule has 0 saturated carbocycles. The third kappa shape index (κ3) is 2.36. The largest absolute Gasteiger partial charge is 0.316 e. The normalized spacial score (nSPS) is 23.3. The maximum atomic E-state index is 14.0. The Kier molecular flexibility index (Phi) is 4.17. The van der Waals surface area contributed by atoms with Crippen LogP contribution < -0.4 is 5.32 Å². The van der Waals surface area contributed by atoms with Crippen LogP contribution in [-0.2, 0) is 0 Å². The fraction of sp³-hybridized carbons (Fsp3) is 0.500. The second kappa shape index (κ2) is 5.49. The Morgan fingerprint density at radius 2 is 2.33 bits per heavy atom. The third-order valence-corrected chi connectivity index (χ3v) is 4.26. The van der Waals surface area contributed by atoms with Crippen LogP contribution >= 0.6 is 15.9 Å². The Morgan fingerprint density at radius 3 is 2.94 bits per heavy atom. The topological polar surface area (TPSA) is 29.1 Å². The van der Waals surface area contributed by atoms with E-state index < -0.39 is 11.2 Å². The van der Waals surface area contributed by atoms with Crippen molar-refractivity contribution in [2.75, 3.05) is 13.1 Å². The molecule has 1 aliphatic heterocycles. The quantitative estimate of drug-likeness (QED) is 0.861. The maximum absolute atomic E-state index is 14.0. The van der Waals surface area contributed by atoms with Crippen molar-refractivity contribution in [1.29, 1.82) is 0 Å². The van der Waals surface area contributed by atoms with Crippen molar-refractivity contribution in [3.63, 3.8) is 0 Å². The van der Waals surface area contributed by atoms with E-state index in [-0.39, 0.29) is 11.3 Å². The SMILES string of the molecule is CCCC1(C(=O)c2cccc(Br)c2F)CCNC1. The molecule has 0 bridgehead atoms. The van der Waals surface area contributed by atoms with Gasteiger partial charge in [-0.3, -0.25) is 4.79 Å². The molecule has 1 unspecified atom stereocenters. The minimum Gasteiger partial charge on any atom is -0.316 e. The fourth-order valence-corrected chi connectivity index (χ4v) is 3.07. The highest BCUT2D eigenvalue weighted by molar-refractivity contribution is 9.10. The Labute approximate surface area is 115 Å². The molecule has 1 heterocycles. The average molecular weight is 314 g/mol. The minimum absolute atomic E-state index is 0.0619. The standard InChI is InChI=1S/C14H17BrFNO/c1-2-6-14(7-8-17-9-14)13(18)10-4-3-5-11(15)12(10)16/h3-5,17H,2,6-9H2,1H3. The van der Waals surface area contributed by atoms with E-state index in [2.05, 4.69) is 28.2 Å². The van der Waals surface area contributed by atoms with Crippen LogP contribution in [0.5, 0.6) is 0 Å². The van der Waals surface area contributed by atoms with Gasteiger partial charge in [-0.2, -0.15) is 0 Å². The number of carbonyl (C=O) groups is 1. The van der Waals surface area contributed by atoms with Gasteiger partial charge in [0.2, 0.25) is 0 Å². The van der Waals surface area contributed by atoms with E-state index in [9.17, 15) is 9.18 Å². The van der Waals surface area contributed by atoms with Gasteiger partial charge in [-0.05, 0) is 47.4 Å². The summed E-state index contributed by atoms with van der Waals surface area (Å²) >= 11 is 3.14. The summed E-state index contributed by atoms with van der Waals surface area (Å²) in [5.74, 6) is -0.502. The van der Waals surface area contributed by atoms with Crippen LogP contribution in [0.3, 0.4) is 0 Å². The van der Waals surface area contributed by atoms with Crippen molar-refractivity contribution in [2.45, 2.75) is 26.2 Å². The molecule has 98 valence electrons. The fourth-order valence-electron chi connectivity index (χ4n) is 2.71. The molecule has 0 spiro atoms. The first-order chi connectivity index (χ1) is 8.60. The molecule has 0 amide bonds. The van der Waals surface area contributed by atoms with Gasteiger partial charge in [0.1, 0.15) is 5.82 Å². The van der Waals surface area contributed by atoms with E-state index in [0.29, 0.717) is 11.0 Å². The first-order valence-electron chi connectivity index (χ1n) is 6.30. The summed E-state index contributed by atoms with van der Waals surface area (Å²) in [5.41, 5.74) is -0.211. The summed E-state index contributed by atoms with van der Waals surface area (Å²) in [4.78, 5) is 12.6. The predicted octanol–water partition coefficient (Wildman–Crippen LogP) is 3.55. The molecule has 2 nitrogen and oxygen atoms in total. The number of nitrogens with one attached hydrogen (secondary N) is 1. The van der Waals surface area contributed by atoms with Gasteiger partial charge in [0.25, 0.3) is 0 Å². The van der Waals surface area contributed by atoms with Crippen LogP contribution in [-0.4, -0.2) is 18.9 Å². The predicted molar refractivity (Wildman–Crippen MR) is 73.3 cm³/mol. The average Bonchev–Trinajstić information content (AvgIpc) is 2.82. The number of hydrogen-bond acceptors (Lipinski definition) is 2. The van der Waals surface area contributed by atoms with Gasteiger partial charge in [-0.25, -0.2) is 4.39 Å². The molecule has 1 N–H and O–H groups in total. The van der Waals surface area contributed by atoms with E-state index >= 15 is 0 Å². The van der Waals surface area contributed by atoms with Crippen molar-refractivity contribution >= 4 is 21.7 Å². The maximum Gasteiger partial charge on any atom is 0.173 e. The van der Waals surface area contributed by atoms with Crippen molar-refractivity contribution in [1.82, 2.24) is 5.32 Å². The van der Waals surface area contributed by atoms with E-state index in [1.807, 2.05) is 0 Å². The number of halogens is 2. The zero-order chi connectivity index (χ0) is 13.2. The highest BCUT2D eigenvalue weighted by Gasteiger charge is 2.41. The lowest BCUT2D eigenvalue weighted by molar-refractivity contribution is 0.0797. The van der Waals surface area contributed by atoms with Gasteiger partial charge in [0, 0.05) is 12.0 Å². The molecule has 1 atom stereocenters. The minimum atomic E-state index is -0.440. The van der Waals surface area contributed by atoms with Crippen molar-refractivity contribution in [2.24, 2.45) is 5.41 Å². The molecule has 1 aromatic carbocycles. The zero-order valence-electron chi connectivity index (χ0n) is 10.4. The van der Waals surface area contributed by atoms with Gasteiger partial charge in [-0.15, -0.1) is 0 Å². The molecular formula is C14H17BrFNO. The molecule has 4 heteroatoms. The van der Waals surface area contributed by atoms with Gasteiger partial charge in [0.15, 0.2) is 5.78 Å². The third-order valence-electron chi connectivity index (χ3n) is 3.65. The molecule has 0 aliphatic carbocycles. The number of carbonyl (C=O) groups excluding carboxylic acids is 1. The second-order valence-electron chi connectivity index (χ2n) is 4.89. The van der Waals surface area contributed by atoms with Gasteiger partial charge < -0.3 is 5.32 Å². The number of benzene rings is 1. The summed E-state index contributed by atoms with van der Waals surface area (Å²) in [6.45, 7) is 3.55. The van der Waals surface area contributed by atoms with E-state index in [1.165, 1.54) is 0 Å². The molecule has 0 radical (unpaired) electrons. The second-order valence-corrected chi connectivity index (χ2v) is 5.74. The molecule has 18 heavy (non-hydrogen) atoms. The first-order valence-corrected chi connectivity index (χ1v) is 7.09. The lowest BCUT2D eigenvalue weighted by Gasteiger charge is -2.26. The van der Waals surface area contributed by atoms with E-state index in [4.69, 9.17) is 0 Å². The Bertz CT molecular complexity index is 455. The van der Waals surface area contributed by atoms with Crippen molar-refractivity contribution < 1.29 is 9.18 Å². The summed E-state index contributed by atoms with van der Waals surface area (Å²) in [6.07, 6.45) is 2.54. The van der Waals surface area contributed by atoms with Crippen LogP contribution in [0.4, 0.5) is 4.39 Å². The Morgan fingerprint density at radius 1 is 1.56 bits per heavy atom. The summed E-state index contributed by atoms with van der Waals surface area (Å²) in [7, 11) is 0. The van der Waals surface area contributed by atoms with Gasteiger partial charge >= 0.3 is 0 Å². The molecule has 0 aromatic heterocycles. The summed E-state index contributed by atoms with van der Waals surface area (Å²) in [6, 6.07) is 4.91. The van der Waals surface area contributed by atoms with Crippen LogP contribution in [0, 0.1) is 11.2 Å². The summed E-state index contributed by atoms with van der Waals surface area (Å²) < 4.78 is 14.4. The van der Waals surface area contributed by atoms with E-state index in [1.54, 1.807) is 18.2 Å². The lowest BCUT2D eigenvalue weighted by Crippen LogP contribution is -2.34. The van der Waals surface area contributed by atoms with Crippen LogP contribution in [0.15, 0.2) is 22.7 Å². The highest BCUT2D eigenvalue weighted by Crippen LogP contribution is 2.36. The van der Waals surface area contributed by atoms with Gasteiger partial charge in [-0.1, -0.05) is 19.4 Å². The number of ketones is 1. The van der Waals surface area contributed by atoms with Crippen molar-refractivity contribution in [3.8, 4) is 0 Å². The molecule has 1 aliphatic rings. The van der Waals surface area contributed by atoms with Crippen LogP contribution in [0.2, 0.25) is 0 Å². The smallest absolute Gasteiger partial charge is 0.173 e. The molecule has 1 fully saturated rings. The number of hydrogen-bond donors (Lipinski definition) is 1. The molecule has 2 rings (SSSR count). The molecule has 1 saturated heterocycles. The molecule has 1 aromatic rings. The number of Topliss-reactive ketones (excluding diaryl/α,β-unsaturated/α-hetero) is 1. The zero-order valence-corrected chi connectivity index (χ0v) is 12.0. The Balaban J connectivity index is 2.37. The van der Waals surface area contributed by atoms with Gasteiger partial charge in [0.05, 0.1) is 10.0 Å². The monoisotopic (exact) mass is 313 g/mol. The summed E-state index contributed by atoms with van der Waals surface area (Å²) in [5, 5.41) is 3.23. The number of rotatable bonds is 4. The van der Waals surface area contributed by atoms with Crippen molar-refractivity contribution in [3.05, 3.63) is 34.1 Å². The lowest BCUT2D eigenvalue weighted by atomic mass is 9.76. The first kappa shape index (κ1) is 13.7. The van der Waals surface area contributed by atoms with Crippen LogP contribution in [0.25, 0.3) is 0 Å².